The molecule has 136 valence electrons. The lowest BCUT2D eigenvalue weighted by molar-refractivity contribution is -0.131. The molecule has 0 spiro atoms. The molecule has 3 fully saturated rings. The van der Waals surface area contributed by atoms with Crippen molar-refractivity contribution in [1.82, 2.24) is 14.6 Å². The van der Waals surface area contributed by atoms with Crippen molar-refractivity contribution >= 4 is 28.5 Å². The van der Waals surface area contributed by atoms with Crippen molar-refractivity contribution < 1.29 is 9.59 Å². The van der Waals surface area contributed by atoms with Gasteiger partial charge in [-0.3, -0.25) is 14.2 Å². The van der Waals surface area contributed by atoms with Gasteiger partial charge in [-0.25, -0.2) is 4.79 Å². The fourth-order valence-corrected chi connectivity index (χ4v) is 4.62. The van der Waals surface area contributed by atoms with Crippen LogP contribution in [0.4, 0.5) is 5.69 Å². The zero-order valence-corrected chi connectivity index (χ0v) is 14.6. The number of rotatable bonds is 2. The Hall–Kier alpha value is -2.61. The van der Waals surface area contributed by atoms with Crippen molar-refractivity contribution in [1.29, 1.82) is 0 Å². The normalized spacial score (nSPS) is 25.7. The maximum atomic E-state index is 13.0. The zero-order valence-electron chi connectivity index (χ0n) is 14.6. The van der Waals surface area contributed by atoms with Crippen molar-refractivity contribution in [2.24, 2.45) is 7.05 Å². The first-order valence-corrected chi connectivity index (χ1v) is 9.13. The van der Waals surface area contributed by atoms with Gasteiger partial charge in [-0.1, -0.05) is 6.07 Å². The Kier molecular flexibility index (Phi) is 3.27. The Morgan fingerprint density at radius 3 is 2.54 bits per heavy atom. The highest BCUT2D eigenvalue weighted by Crippen LogP contribution is 2.34. The van der Waals surface area contributed by atoms with Crippen LogP contribution in [-0.4, -0.2) is 46.2 Å². The lowest BCUT2D eigenvalue weighted by atomic mass is 10.1. The fourth-order valence-electron chi connectivity index (χ4n) is 4.62. The molecule has 0 unspecified atom stereocenters. The molecule has 5 rings (SSSR count). The lowest BCUT2D eigenvalue weighted by Crippen LogP contribution is -2.52. The summed E-state index contributed by atoms with van der Waals surface area (Å²) in [5.41, 5.74) is 2.01. The highest BCUT2D eigenvalue weighted by Gasteiger charge is 2.39. The van der Waals surface area contributed by atoms with Crippen LogP contribution < -0.4 is 20.9 Å². The topological polar surface area (TPSA) is 79.6 Å². The van der Waals surface area contributed by atoms with Gasteiger partial charge in [-0.2, -0.15) is 9.69 Å². The van der Waals surface area contributed by atoms with Gasteiger partial charge in [-0.15, -0.1) is 0 Å². The number of nitrogens with one attached hydrogen (secondary N) is 1. The molecule has 3 saturated heterocycles. The molecular formula is C18H21N5O3. The van der Waals surface area contributed by atoms with Gasteiger partial charge in [-0.05, 0) is 25.0 Å². The van der Waals surface area contributed by atoms with Gasteiger partial charge in [0.15, 0.2) is 0 Å². The maximum absolute atomic E-state index is 13.0. The number of imide groups is 1. The minimum Gasteiger partial charge on any atom is -0.364 e. The summed E-state index contributed by atoms with van der Waals surface area (Å²) < 4.78 is 2.81. The molecule has 4 heterocycles. The minimum absolute atomic E-state index is 0.288. The number of aromatic nitrogens is 2. The molecule has 1 aromatic heterocycles. The number of benzene rings is 1. The van der Waals surface area contributed by atoms with E-state index in [1.54, 1.807) is 11.6 Å². The standard InChI is InChI=1S/C18H21N5O3/c1-20-17-13(21-10-11-8-12(21)9-19-11)4-2-5-14(17)22(18(20)26)23-15(24)6-3-7-16(23)25/h2,4-5,11-12,19H,3,6-10H2,1H3/t11-,12-/m0/s1. The SMILES string of the molecule is Cn1c(=O)n(N2C(=O)CCCC2=O)c2cccc(N3C[C@@H]4C[C@H]3CN4)c21. The molecule has 1 aromatic carbocycles. The van der Waals surface area contributed by atoms with Crippen LogP contribution in [0.25, 0.3) is 11.0 Å². The van der Waals surface area contributed by atoms with E-state index in [1.165, 1.54) is 4.68 Å². The first kappa shape index (κ1) is 15.6. The average Bonchev–Trinajstić information content (AvgIpc) is 3.32. The van der Waals surface area contributed by atoms with Gasteiger partial charge < -0.3 is 10.2 Å². The Balaban J connectivity index is 1.71. The van der Waals surface area contributed by atoms with Crippen LogP contribution in [0.2, 0.25) is 0 Å². The number of hydrogen-bond acceptors (Lipinski definition) is 5. The van der Waals surface area contributed by atoms with Gasteiger partial charge in [0.2, 0.25) is 11.8 Å². The van der Waals surface area contributed by atoms with Crippen LogP contribution in [0.3, 0.4) is 0 Å². The van der Waals surface area contributed by atoms with Gasteiger partial charge >= 0.3 is 5.69 Å². The van der Waals surface area contributed by atoms with Crippen molar-refractivity contribution in [2.45, 2.75) is 37.8 Å². The Labute approximate surface area is 149 Å². The van der Waals surface area contributed by atoms with E-state index in [0.29, 0.717) is 24.0 Å². The number of carbonyl (C=O) groups excluding carboxylic acids is 2. The summed E-state index contributed by atoms with van der Waals surface area (Å²) in [6, 6.07) is 6.63. The number of carbonyl (C=O) groups is 2. The number of nitrogens with zero attached hydrogens (tertiary/aromatic N) is 4. The molecule has 0 saturated carbocycles. The van der Waals surface area contributed by atoms with E-state index in [0.717, 1.165) is 35.7 Å². The average molecular weight is 355 g/mol. The largest absolute Gasteiger partial charge is 0.364 e. The lowest BCUT2D eigenvalue weighted by Gasteiger charge is -2.30. The highest BCUT2D eigenvalue weighted by molar-refractivity contribution is 6.11. The van der Waals surface area contributed by atoms with E-state index in [1.807, 2.05) is 18.2 Å². The van der Waals surface area contributed by atoms with Crippen molar-refractivity contribution in [3.8, 4) is 0 Å². The van der Waals surface area contributed by atoms with E-state index in [-0.39, 0.29) is 30.3 Å². The van der Waals surface area contributed by atoms with Crippen LogP contribution in [0.1, 0.15) is 25.7 Å². The molecule has 2 atom stereocenters. The van der Waals surface area contributed by atoms with Gasteiger partial charge in [0.25, 0.3) is 0 Å². The van der Waals surface area contributed by atoms with Gasteiger partial charge in [0.1, 0.15) is 0 Å². The molecule has 8 nitrogen and oxygen atoms in total. The van der Waals surface area contributed by atoms with E-state index < -0.39 is 0 Å². The molecular weight excluding hydrogens is 334 g/mol. The third-order valence-electron chi connectivity index (χ3n) is 5.84. The van der Waals surface area contributed by atoms with Crippen LogP contribution >= 0.6 is 0 Å². The van der Waals surface area contributed by atoms with E-state index in [4.69, 9.17) is 0 Å². The van der Waals surface area contributed by atoms with Crippen molar-refractivity contribution in [3.05, 3.63) is 28.7 Å². The van der Waals surface area contributed by atoms with Crippen LogP contribution in [0, 0.1) is 0 Å². The molecule has 2 aromatic rings. The molecule has 0 radical (unpaired) electrons. The second kappa shape index (κ2) is 5.44. The fraction of sp³-hybridized carbons (Fsp3) is 0.500. The third-order valence-corrected chi connectivity index (χ3v) is 5.84. The predicted molar refractivity (Wildman–Crippen MR) is 96.8 cm³/mol. The zero-order chi connectivity index (χ0) is 18.0. The van der Waals surface area contributed by atoms with E-state index in [2.05, 4.69) is 10.2 Å². The number of imidazole rings is 1. The monoisotopic (exact) mass is 355 g/mol. The Bertz CT molecular complexity index is 975. The molecule has 1 N–H and O–H groups in total. The van der Waals surface area contributed by atoms with E-state index in [9.17, 15) is 14.4 Å². The number of piperidine rings is 1. The van der Waals surface area contributed by atoms with Crippen molar-refractivity contribution in [3.63, 3.8) is 0 Å². The maximum Gasteiger partial charge on any atom is 0.348 e. The molecule has 0 aliphatic carbocycles. The number of fused-ring (bicyclic) bond motifs is 3. The molecule has 3 aliphatic heterocycles. The smallest absolute Gasteiger partial charge is 0.348 e. The number of hydrogen-bond donors (Lipinski definition) is 1. The molecule has 2 amide bonds. The molecule has 26 heavy (non-hydrogen) atoms. The number of amides is 2. The van der Waals surface area contributed by atoms with Crippen LogP contribution in [-0.2, 0) is 16.6 Å². The van der Waals surface area contributed by atoms with Crippen molar-refractivity contribution in [2.75, 3.05) is 23.0 Å². The second-order valence-corrected chi connectivity index (χ2v) is 7.40. The first-order chi connectivity index (χ1) is 12.6. The number of aryl methyl sites for hydroxylation is 1. The second-order valence-electron chi connectivity index (χ2n) is 7.40. The van der Waals surface area contributed by atoms with Gasteiger partial charge in [0, 0.05) is 45.1 Å². The van der Waals surface area contributed by atoms with Crippen LogP contribution in [0.15, 0.2) is 23.0 Å². The summed E-state index contributed by atoms with van der Waals surface area (Å²) in [5.74, 6) is -0.628. The minimum atomic E-state index is -0.362. The Morgan fingerprint density at radius 1 is 1.12 bits per heavy atom. The first-order valence-electron chi connectivity index (χ1n) is 9.13. The highest BCUT2D eigenvalue weighted by atomic mass is 16.2. The predicted octanol–water partition coefficient (Wildman–Crippen LogP) is 0.0656. The third kappa shape index (κ3) is 2.02. The Morgan fingerprint density at radius 2 is 1.88 bits per heavy atom. The summed E-state index contributed by atoms with van der Waals surface area (Å²) in [6.07, 6.45) is 2.22. The summed E-state index contributed by atoms with van der Waals surface area (Å²) in [5, 5.41) is 4.52. The summed E-state index contributed by atoms with van der Waals surface area (Å²) >= 11 is 0. The van der Waals surface area contributed by atoms with Gasteiger partial charge in [0.05, 0.1) is 16.7 Å². The number of anilines is 1. The summed E-state index contributed by atoms with van der Waals surface area (Å²) in [4.78, 5) is 40.0. The molecule has 2 bridgehead atoms. The molecule has 3 aliphatic rings. The summed E-state index contributed by atoms with van der Waals surface area (Å²) in [6.45, 7) is 1.85. The van der Waals surface area contributed by atoms with E-state index >= 15 is 0 Å². The summed E-state index contributed by atoms with van der Waals surface area (Å²) in [7, 11) is 1.70. The number of piperazine rings is 1. The quantitative estimate of drug-likeness (QED) is 0.771. The number of para-hydroxylation sites is 1. The van der Waals surface area contributed by atoms with Crippen LogP contribution in [0.5, 0.6) is 0 Å². The molecule has 8 heteroatoms.